The molecule has 0 saturated carbocycles. The minimum atomic E-state index is -0.293. The molecule has 0 atom stereocenters. The fourth-order valence-electron chi connectivity index (χ4n) is 1.39. The topological polar surface area (TPSA) is 46.2 Å². The summed E-state index contributed by atoms with van der Waals surface area (Å²) in [4.78, 5) is 22.3. The molecule has 2 rings (SSSR count). The number of nitrogens with one attached hydrogen (secondary N) is 1. The van der Waals surface area contributed by atoms with Crippen molar-refractivity contribution in [1.29, 1.82) is 0 Å². The van der Waals surface area contributed by atoms with Crippen LogP contribution in [0.15, 0.2) is 18.2 Å². The highest BCUT2D eigenvalue weighted by atomic mass is 16.2. The monoisotopic (exact) mass is 191 g/mol. The Morgan fingerprint density at radius 1 is 1.07 bits per heavy atom. The fourth-order valence-corrected chi connectivity index (χ4v) is 1.39. The lowest BCUT2D eigenvalue weighted by Crippen LogP contribution is -2.20. The van der Waals surface area contributed by atoms with Gasteiger partial charge in [0, 0.05) is 0 Å². The Bertz CT molecular complexity index is 383. The van der Waals surface area contributed by atoms with Crippen molar-refractivity contribution in [3.05, 3.63) is 34.9 Å². The molecule has 0 saturated heterocycles. The molecule has 1 aliphatic heterocycles. The van der Waals surface area contributed by atoms with Gasteiger partial charge >= 0.3 is 0 Å². The molecule has 1 aromatic rings. The van der Waals surface area contributed by atoms with Crippen molar-refractivity contribution < 1.29 is 9.59 Å². The number of aryl methyl sites for hydroxylation is 1. The Hall–Kier alpha value is -1.64. The number of hydrogen-bond acceptors (Lipinski definition) is 2. The summed E-state index contributed by atoms with van der Waals surface area (Å²) in [5.41, 5.74) is 1.85. The molecule has 0 aliphatic carbocycles. The smallest absolute Gasteiger partial charge is 0.259 e. The second kappa shape index (κ2) is 4.05. The fraction of sp³-hybridized carbons (Fsp3) is 0.273. The van der Waals surface area contributed by atoms with Crippen molar-refractivity contribution in [1.82, 2.24) is 5.32 Å². The van der Waals surface area contributed by atoms with E-state index in [9.17, 15) is 9.59 Å². The van der Waals surface area contributed by atoms with E-state index in [1.165, 1.54) is 0 Å². The lowest BCUT2D eigenvalue weighted by Gasteiger charge is -1.96. The zero-order valence-electron chi connectivity index (χ0n) is 8.55. The minimum Gasteiger partial charge on any atom is -0.288 e. The summed E-state index contributed by atoms with van der Waals surface area (Å²) in [6, 6.07) is 5.24. The molecule has 1 aliphatic rings. The van der Waals surface area contributed by atoms with Crippen LogP contribution in [0.4, 0.5) is 0 Å². The summed E-state index contributed by atoms with van der Waals surface area (Å²) in [5, 5.41) is 2.25. The molecule has 0 bridgehead atoms. The maximum Gasteiger partial charge on any atom is 0.259 e. The Morgan fingerprint density at radius 3 is 2.29 bits per heavy atom. The van der Waals surface area contributed by atoms with Gasteiger partial charge in [-0.1, -0.05) is 26.0 Å². The van der Waals surface area contributed by atoms with E-state index in [1.807, 2.05) is 26.8 Å². The molecule has 0 spiro atoms. The summed E-state index contributed by atoms with van der Waals surface area (Å²) in [7, 11) is 0. The van der Waals surface area contributed by atoms with Crippen LogP contribution in [0.5, 0.6) is 0 Å². The third-order valence-corrected chi connectivity index (χ3v) is 1.97. The summed E-state index contributed by atoms with van der Waals surface area (Å²) in [5.74, 6) is -0.577. The first-order valence-electron chi connectivity index (χ1n) is 4.65. The van der Waals surface area contributed by atoms with E-state index < -0.39 is 0 Å². The summed E-state index contributed by atoms with van der Waals surface area (Å²) in [6.45, 7) is 5.82. The van der Waals surface area contributed by atoms with Crippen LogP contribution in [0.1, 0.15) is 40.1 Å². The van der Waals surface area contributed by atoms with E-state index in [4.69, 9.17) is 0 Å². The lowest BCUT2D eigenvalue weighted by molar-refractivity contribution is 0.0879. The van der Waals surface area contributed by atoms with Gasteiger partial charge in [-0.15, -0.1) is 0 Å². The largest absolute Gasteiger partial charge is 0.288 e. The van der Waals surface area contributed by atoms with Crippen molar-refractivity contribution in [2.75, 3.05) is 0 Å². The molecule has 1 N–H and O–H groups in total. The third kappa shape index (κ3) is 1.53. The average molecular weight is 191 g/mol. The first kappa shape index (κ1) is 10.4. The second-order valence-corrected chi connectivity index (χ2v) is 2.78. The Kier molecular flexibility index (Phi) is 3.02. The van der Waals surface area contributed by atoms with Gasteiger partial charge in [-0.25, -0.2) is 0 Å². The van der Waals surface area contributed by atoms with Gasteiger partial charge in [0.15, 0.2) is 0 Å². The predicted octanol–water partition coefficient (Wildman–Crippen LogP) is 1.90. The molecule has 0 unspecified atom stereocenters. The molecule has 0 aromatic heterocycles. The SMILES string of the molecule is CC.Cc1cccc2c1C(=O)NC2=O. The van der Waals surface area contributed by atoms with E-state index in [2.05, 4.69) is 5.32 Å². The van der Waals surface area contributed by atoms with Crippen molar-refractivity contribution in [2.45, 2.75) is 20.8 Å². The summed E-state index contributed by atoms with van der Waals surface area (Å²) >= 11 is 0. The van der Waals surface area contributed by atoms with Crippen molar-refractivity contribution in [3.8, 4) is 0 Å². The lowest BCUT2D eigenvalue weighted by atomic mass is 10.0. The first-order chi connectivity index (χ1) is 6.70. The number of hydrogen-bond donors (Lipinski definition) is 1. The number of benzene rings is 1. The van der Waals surface area contributed by atoms with Crippen LogP contribution in [0.25, 0.3) is 0 Å². The average Bonchev–Trinajstić information content (AvgIpc) is 2.47. The van der Waals surface area contributed by atoms with Crippen LogP contribution in [0.2, 0.25) is 0 Å². The van der Waals surface area contributed by atoms with Crippen LogP contribution in [-0.4, -0.2) is 11.8 Å². The van der Waals surface area contributed by atoms with Crippen LogP contribution < -0.4 is 5.32 Å². The molecule has 1 heterocycles. The number of fused-ring (bicyclic) bond motifs is 1. The highest BCUT2D eigenvalue weighted by Crippen LogP contribution is 2.18. The molecule has 2 amide bonds. The van der Waals surface area contributed by atoms with Crippen LogP contribution in [0.3, 0.4) is 0 Å². The zero-order chi connectivity index (χ0) is 10.7. The maximum absolute atomic E-state index is 11.2. The maximum atomic E-state index is 11.2. The molecule has 3 heteroatoms. The number of amides is 2. The molecule has 0 radical (unpaired) electrons. The number of carbonyl (C=O) groups excluding carboxylic acids is 2. The Morgan fingerprint density at radius 2 is 1.71 bits per heavy atom. The van der Waals surface area contributed by atoms with Crippen molar-refractivity contribution in [2.24, 2.45) is 0 Å². The van der Waals surface area contributed by atoms with Gasteiger partial charge < -0.3 is 0 Å². The van der Waals surface area contributed by atoms with Gasteiger partial charge in [0.05, 0.1) is 11.1 Å². The molecular weight excluding hydrogens is 178 g/mol. The Labute approximate surface area is 83.1 Å². The highest BCUT2D eigenvalue weighted by molar-refractivity contribution is 6.22. The van der Waals surface area contributed by atoms with E-state index in [0.717, 1.165) is 5.56 Å². The normalized spacial score (nSPS) is 12.8. The molecule has 3 nitrogen and oxygen atoms in total. The Balaban J connectivity index is 0.000000461. The van der Waals surface area contributed by atoms with Crippen molar-refractivity contribution >= 4 is 11.8 Å². The zero-order valence-corrected chi connectivity index (χ0v) is 8.55. The van der Waals surface area contributed by atoms with Gasteiger partial charge in [0.2, 0.25) is 0 Å². The summed E-state index contributed by atoms with van der Waals surface area (Å²) in [6.07, 6.45) is 0. The second-order valence-electron chi connectivity index (χ2n) is 2.78. The van der Waals surface area contributed by atoms with E-state index >= 15 is 0 Å². The van der Waals surface area contributed by atoms with E-state index in [-0.39, 0.29) is 11.8 Å². The third-order valence-electron chi connectivity index (χ3n) is 1.97. The standard InChI is InChI=1S/C9H7NO2.C2H6/c1-5-3-2-4-6-7(5)9(12)10-8(6)11;1-2/h2-4H,1H3,(H,10,11,12);1-2H3. The quantitative estimate of drug-likeness (QED) is 0.636. The molecular formula is C11H13NO2. The van der Waals surface area contributed by atoms with Crippen molar-refractivity contribution in [3.63, 3.8) is 0 Å². The summed E-state index contributed by atoms with van der Waals surface area (Å²) < 4.78 is 0. The van der Waals surface area contributed by atoms with Gasteiger partial charge in [0.1, 0.15) is 0 Å². The number of rotatable bonds is 0. The first-order valence-corrected chi connectivity index (χ1v) is 4.65. The molecule has 0 fully saturated rings. The molecule has 1 aromatic carbocycles. The molecule has 14 heavy (non-hydrogen) atoms. The number of imide groups is 1. The van der Waals surface area contributed by atoms with Gasteiger partial charge in [-0.05, 0) is 18.6 Å². The predicted molar refractivity (Wildman–Crippen MR) is 54.3 cm³/mol. The van der Waals surface area contributed by atoms with Crippen LogP contribution in [0, 0.1) is 6.92 Å². The molecule has 74 valence electrons. The van der Waals surface area contributed by atoms with Gasteiger partial charge in [0.25, 0.3) is 11.8 Å². The number of carbonyl (C=O) groups is 2. The van der Waals surface area contributed by atoms with Crippen LogP contribution in [-0.2, 0) is 0 Å². The van der Waals surface area contributed by atoms with E-state index in [1.54, 1.807) is 12.1 Å². The minimum absolute atomic E-state index is 0.284. The van der Waals surface area contributed by atoms with E-state index in [0.29, 0.717) is 11.1 Å². The van der Waals surface area contributed by atoms with Gasteiger partial charge in [-0.3, -0.25) is 14.9 Å². The van der Waals surface area contributed by atoms with Gasteiger partial charge in [-0.2, -0.15) is 0 Å². The highest BCUT2D eigenvalue weighted by Gasteiger charge is 2.27. The van der Waals surface area contributed by atoms with Crippen LogP contribution >= 0.6 is 0 Å².